The summed E-state index contributed by atoms with van der Waals surface area (Å²) in [6, 6.07) is 10.0. The van der Waals surface area contributed by atoms with Gasteiger partial charge in [0.05, 0.1) is 9.92 Å². The van der Waals surface area contributed by atoms with Crippen molar-refractivity contribution >= 4 is 27.4 Å². The zero-order valence-corrected chi connectivity index (χ0v) is 13.4. The lowest BCUT2D eigenvalue weighted by molar-refractivity contribution is 0.601. The minimum absolute atomic E-state index is 0.214. The highest BCUT2D eigenvalue weighted by molar-refractivity contribution is 7.92. The SMILES string of the molecule is CCC(C)c1ccc(S(=O)(=O)Nc2ccc(Cl)cn2)cc1. The Morgan fingerprint density at radius 3 is 2.38 bits per heavy atom. The Morgan fingerprint density at radius 1 is 1.19 bits per heavy atom. The van der Waals surface area contributed by atoms with Gasteiger partial charge in [-0.15, -0.1) is 0 Å². The van der Waals surface area contributed by atoms with Gasteiger partial charge in [0, 0.05) is 6.20 Å². The maximum Gasteiger partial charge on any atom is 0.263 e. The molecule has 0 radical (unpaired) electrons. The second-order valence-corrected chi connectivity index (χ2v) is 6.96. The number of rotatable bonds is 5. The van der Waals surface area contributed by atoms with E-state index in [9.17, 15) is 8.42 Å². The Bertz CT molecular complexity index is 697. The second-order valence-electron chi connectivity index (χ2n) is 4.85. The van der Waals surface area contributed by atoms with Crippen LogP contribution in [0.2, 0.25) is 5.02 Å². The summed E-state index contributed by atoms with van der Waals surface area (Å²) in [5.41, 5.74) is 1.13. The highest BCUT2D eigenvalue weighted by Crippen LogP contribution is 2.21. The molecule has 1 aromatic carbocycles. The molecular weight excluding hydrogens is 308 g/mol. The summed E-state index contributed by atoms with van der Waals surface area (Å²) in [5.74, 6) is 0.651. The predicted molar refractivity (Wildman–Crippen MR) is 85.2 cm³/mol. The Hall–Kier alpha value is -1.59. The highest BCUT2D eigenvalue weighted by Gasteiger charge is 2.15. The van der Waals surface area contributed by atoms with Crippen molar-refractivity contribution in [3.8, 4) is 0 Å². The maximum atomic E-state index is 12.3. The van der Waals surface area contributed by atoms with Crippen molar-refractivity contribution < 1.29 is 8.42 Å². The van der Waals surface area contributed by atoms with Crippen molar-refractivity contribution in [3.63, 3.8) is 0 Å². The smallest absolute Gasteiger partial charge is 0.263 e. The molecule has 112 valence electrons. The van der Waals surface area contributed by atoms with Crippen molar-refractivity contribution in [1.29, 1.82) is 0 Å². The molecule has 0 fully saturated rings. The van der Waals surface area contributed by atoms with E-state index in [1.54, 1.807) is 18.2 Å². The number of nitrogens with zero attached hydrogens (tertiary/aromatic N) is 1. The molecule has 1 unspecified atom stereocenters. The summed E-state index contributed by atoms with van der Waals surface area (Å²) in [6.07, 6.45) is 2.41. The first kappa shape index (κ1) is 15.8. The first-order valence-corrected chi connectivity index (χ1v) is 8.53. The van der Waals surface area contributed by atoms with Gasteiger partial charge in [-0.2, -0.15) is 0 Å². The van der Waals surface area contributed by atoms with Crippen LogP contribution < -0.4 is 4.72 Å². The molecule has 1 heterocycles. The molecule has 1 atom stereocenters. The fraction of sp³-hybridized carbons (Fsp3) is 0.267. The molecule has 0 spiro atoms. The monoisotopic (exact) mass is 324 g/mol. The Morgan fingerprint density at radius 2 is 1.86 bits per heavy atom. The quantitative estimate of drug-likeness (QED) is 0.902. The Kier molecular flexibility index (Phi) is 4.85. The van der Waals surface area contributed by atoms with E-state index in [-0.39, 0.29) is 10.7 Å². The molecule has 0 aliphatic carbocycles. The van der Waals surface area contributed by atoms with Gasteiger partial charge in [0.1, 0.15) is 5.82 Å². The topological polar surface area (TPSA) is 59.1 Å². The van der Waals surface area contributed by atoms with E-state index in [1.165, 1.54) is 12.3 Å². The van der Waals surface area contributed by atoms with E-state index >= 15 is 0 Å². The molecule has 6 heteroatoms. The van der Waals surface area contributed by atoms with Crippen LogP contribution in [-0.2, 0) is 10.0 Å². The summed E-state index contributed by atoms with van der Waals surface area (Å²) < 4.78 is 26.9. The number of anilines is 1. The molecule has 0 aliphatic heterocycles. The normalized spacial score (nSPS) is 12.9. The van der Waals surface area contributed by atoms with Gasteiger partial charge in [-0.25, -0.2) is 13.4 Å². The van der Waals surface area contributed by atoms with Crippen LogP contribution >= 0.6 is 11.6 Å². The molecule has 21 heavy (non-hydrogen) atoms. The van der Waals surface area contributed by atoms with Crippen LogP contribution in [0, 0.1) is 0 Å². The summed E-state index contributed by atoms with van der Waals surface area (Å²) in [5, 5.41) is 0.454. The Balaban J connectivity index is 2.21. The van der Waals surface area contributed by atoms with Gasteiger partial charge in [0.2, 0.25) is 0 Å². The number of hydrogen-bond donors (Lipinski definition) is 1. The first-order chi connectivity index (χ1) is 9.92. The van der Waals surface area contributed by atoms with Crippen molar-refractivity contribution in [2.24, 2.45) is 0 Å². The van der Waals surface area contributed by atoms with Crippen LogP contribution in [-0.4, -0.2) is 13.4 Å². The van der Waals surface area contributed by atoms with E-state index < -0.39 is 10.0 Å². The molecule has 0 saturated heterocycles. The molecule has 0 aliphatic rings. The van der Waals surface area contributed by atoms with Gasteiger partial charge in [0.15, 0.2) is 0 Å². The maximum absolute atomic E-state index is 12.3. The van der Waals surface area contributed by atoms with Gasteiger partial charge in [0.25, 0.3) is 10.0 Å². The first-order valence-electron chi connectivity index (χ1n) is 6.66. The van der Waals surface area contributed by atoms with Crippen LogP contribution in [0.25, 0.3) is 0 Å². The van der Waals surface area contributed by atoms with E-state index in [0.29, 0.717) is 10.9 Å². The second kappa shape index (κ2) is 6.45. The van der Waals surface area contributed by atoms with Gasteiger partial charge >= 0.3 is 0 Å². The fourth-order valence-electron chi connectivity index (χ4n) is 1.84. The molecule has 2 rings (SSSR count). The zero-order valence-electron chi connectivity index (χ0n) is 11.9. The highest BCUT2D eigenvalue weighted by atomic mass is 35.5. The molecule has 0 saturated carbocycles. The van der Waals surface area contributed by atoms with Crippen LogP contribution in [0.3, 0.4) is 0 Å². The van der Waals surface area contributed by atoms with Gasteiger partial charge in [-0.3, -0.25) is 4.72 Å². The third-order valence-corrected chi connectivity index (χ3v) is 4.93. The fourth-order valence-corrected chi connectivity index (χ4v) is 2.96. The number of nitrogens with one attached hydrogen (secondary N) is 1. The summed E-state index contributed by atoms with van der Waals surface area (Å²) >= 11 is 5.72. The number of aromatic nitrogens is 1. The molecule has 4 nitrogen and oxygen atoms in total. The van der Waals surface area contributed by atoms with Gasteiger partial charge in [-0.05, 0) is 42.2 Å². The number of sulfonamides is 1. The zero-order chi connectivity index (χ0) is 15.5. The van der Waals surface area contributed by atoms with Crippen LogP contribution in [0.5, 0.6) is 0 Å². The lowest BCUT2D eigenvalue weighted by atomic mass is 9.99. The minimum Gasteiger partial charge on any atom is -0.263 e. The number of pyridine rings is 1. The lowest BCUT2D eigenvalue weighted by Crippen LogP contribution is -2.13. The third-order valence-electron chi connectivity index (χ3n) is 3.34. The van der Waals surface area contributed by atoms with Crippen molar-refractivity contribution in [1.82, 2.24) is 4.98 Å². The van der Waals surface area contributed by atoms with Crippen molar-refractivity contribution in [2.75, 3.05) is 4.72 Å². The molecule has 0 amide bonds. The largest absolute Gasteiger partial charge is 0.263 e. The summed E-state index contributed by atoms with van der Waals surface area (Å²) in [7, 11) is -3.63. The number of hydrogen-bond acceptors (Lipinski definition) is 3. The van der Waals surface area contributed by atoms with Crippen molar-refractivity contribution in [3.05, 3.63) is 53.2 Å². The molecule has 1 N–H and O–H groups in total. The van der Waals surface area contributed by atoms with E-state index in [2.05, 4.69) is 23.6 Å². The van der Waals surface area contributed by atoms with Gasteiger partial charge < -0.3 is 0 Å². The summed E-state index contributed by atoms with van der Waals surface area (Å²) in [6.45, 7) is 4.21. The van der Waals surface area contributed by atoms with E-state index in [1.807, 2.05) is 12.1 Å². The standard InChI is InChI=1S/C15H17ClN2O2S/c1-3-11(2)12-4-7-14(8-5-12)21(19,20)18-15-9-6-13(16)10-17-15/h4-11H,3H2,1-2H3,(H,17,18). The van der Waals surface area contributed by atoms with Crippen LogP contribution in [0.4, 0.5) is 5.82 Å². The van der Waals surface area contributed by atoms with Gasteiger partial charge in [-0.1, -0.05) is 37.6 Å². The number of benzene rings is 1. The van der Waals surface area contributed by atoms with E-state index in [4.69, 9.17) is 11.6 Å². The average Bonchev–Trinajstić information content (AvgIpc) is 2.49. The predicted octanol–water partition coefficient (Wildman–Crippen LogP) is 4.05. The molecule has 1 aromatic heterocycles. The third kappa shape index (κ3) is 3.95. The summed E-state index contributed by atoms with van der Waals surface area (Å²) in [4.78, 5) is 4.14. The van der Waals surface area contributed by atoms with Crippen molar-refractivity contribution in [2.45, 2.75) is 31.1 Å². The lowest BCUT2D eigenvalue weighted by Gasteiger charge is -2.11. The average molecular weight is 325 g/mol. The van der Waals surface area contributed by atoms with Crippen LogP contribution in [0.1, 0.15) is 31.7 Å². The number of halogens is 1. The minimum atomic E-state index is -3.63. The van der Waals surface area contributed by atoms with Crippen LogP contribution in [0.15, 0.2) is 47.5 Å². The Labute approximate surface area is 130 Å². The molecule has 2 aromatic rings. The molecular formula is C15H17ClN2O2S. The molecule has 0 bridgehead atoms. The van der Waals surface area contributed by atoms with E-state index in [0.717, 1.165) is 12.0 Å².